The van der Waals surface area contributed by atoms with Crippen LogP contribution in [0.25, 0.3) is 0 Å². The van der Waals surface area contributed by atoms with Crippen LogP contribution in [0.1, 0.15) is 29.8 Å². The molecule has 2 aromatic rings. The summed E-state index contributed by atoms with van der Waals surface area (Å²) in [6, 6.07) is 9.43. The maximum absolute atomic E-state index is 9.80. The van der Waals surface area contributed by atoms with Crippen molar-refractivity contribution in [3.63, 3.8) is 0 Å². The first-order chi connectivity index (χ1) is 9.01. The average molecular weight is 273 g/mol. The third kappa shape index (κ3) is 2.98. The van der Waals surface area contributed by atoms with E-state index in [-0.39, 0.29) is 0 Å². The first kappa shape index (κ1) is 13.7. The molecule has 2 rings (SSSR count). The number of rotatable bonds is 3. The van der Waals surface area contributed by atoms with Gasteiger partial charge >= 0.3 is 0 Å². The van der Waals surface area contributed by atoms with Crippen LogP contribution < -0.4 is 0 Å². The highest BCUT2D eigenvalue weighted by molar-refractivity contribution is 7.99. The minimum absolute atomic E-state index is 0.565. The van der Waals surface area contributed by atoms with Crippen molar-refractivity contribution in [2.24, 2.45) is 7.05 Å². The van der Waals surface area contributed by atoms with Gasteiger partial charge in [-0.2, -0.15) is 10.4 Å². The van der Waals surface area contributed by atoms with Gasteiger partial charge in [-0.3, -0.25) is 4.68 Å². The van der Waals surface area contributed by atoms with Crippen LogP contribution in [-0.2, 0) is 7.05 Å². The fraction of sp³-hybridized carbons (Fsp3) is 0.286. The Hall–Kier alpha value is -1.77. The third-order valence-electron chi connectivity index (χ3n) is 2.77. The highest BCUT2D eigenvalue weighted by Crippen LogP contribution is 2.34. The van der Waals surface area contributed by atoms with Crippen LogP contribution in [0.4, 0.5) is 0 Å². The lowest BCUT2D eigenvalue weighted by Gasteiger charge is -2.11. The minimum atomic E-state index is -0.565. The van der Waals surface area contributed by atoms with Crippen LogP contribution in [0.2, 0.25) is 0 Å². The quantitative estimate of drug-likeness (QED) is 0.934. The van der Waals surface area contributed by atoms with Crippen LogP contribution >= 0.6 is 11.8 Å². The second-order valence-corrected chi connectivity index (χ2v) is 5.45. The molecule has 5 heteroatoms. The molecule has 0 fully saturated rings. The Morgan fingerprint density at radius 3 is 2.68 bits per heavy atom. The van der Waals surface area contributed by atoms with Crippen molar-refractivity contribution in [2.45, 2.75) is 29.9 Å². The number of aryl methyl sites for hydroxylation is 2. The fourth-order valence-electron chi connectivity index (χ4n) is 1.83. The molecule has 0 spiro atoms. The molecule has 1 heterocycles. The summed E-state index contributed by atoms with van der Waals surface area (Å²) in [5.41, 5.74) is 2.36. The second kappa shape index (κ2) is 5.47. The first-order valence-electron chi connectivity index (χ1n) is 5.92. The number of benzene rings is 1. The van der Waals surface area contributed by atoms with Gasteiger partial charge < -0.3 is 5.11 Å². The van der Waals surface area contributed by atoms with E-state index in [1.54, 1.807) is 29.8 Å². The van der Waals surface area contributed by atoms with Crippen LogP contribution in [0.3, 0.4) is 0 Å². The molecule has 0 bridgehead atoms. The van der Waals surface area contributed by atoms with E-state index in [0.717, 1.165) is 21.2 Å². The lowest BCUT2D eigenvalue weighted by atomic mass is 10.1. The molecule has 0 saturated carbocycles. The van der Waals surface area contributed by atoms with Crippen LogP contribution in [-0.4, -0.2) is 14.9 Å². The number of aliphatic hydroxyl groups excluding tert-OH is 1. The Bertz CT molecular complexity index is 641. The summed E-state index contributed by atoms with van der Waals surface area (Å²) >= 11 is 1.51. The van der Waals surface area contributed by atoms with Gasteiger partial charge in [0, 0.05) is 11.9 Å². The van der Waals surface area contributed by atoms with Crippen LogP contribution in [0.15, 0.2) is 34.2 Å². The molecule has 1 atom stereocenters. The van der Waals surface area contributed by atoms with Crippen molar-refractivity contribution in [2.75, 3.05) is 0 Å². The summed E-state index contributed by atoms with van der Waals surface area (Å²) in [4.78, 5) is 0.886. The normalized spacial score (nSPS) is 12.2. The number of aromatic nitrogens is 2. The second-order valence-electron chi connectivity index (χ2n) is 4.39. The molecule has 98 valence electrons. The molecule has 0 aliphatic carbocycles. The first-order valence-corrected chi connectivity index (χ1v) is 6.73. The Morgan fingerprint density at radius 2 is 2.16 bits per heavy atom. The lowest BCUT2D eigenvalue weighted by molar-refractivity contribution is 0.196. The topological polar surface area (TPSA) is 61.8 Å². The highest BCUT2D eigenvalue weighted by atomic mass is 32.2. The van der Waals surface area contributed by atoms with Crippen molar-refractivity contribution < 1.29 is 5.11 Å². The van der Waals surface area contributed by atoms with Crippen LogP contribution in [0, 0.1) is 18.3 Å². The van der Waals surface area contributed by atoms with Gasteiger partial charge in [0.1, 0.15) is 0 Å². The molecule has 1 unspecified atom stereocenters. The summed E-state index contributed by atoms with van der Waals surface area (Å²) < 4.78 is 1.80. The molecule has 1 aromatic carbocycles. The van der Waals surface area contributed by atoms with Gasteiger partial charge in [-0.1, -0.05) is 17.8 Å². The monoisotopic (exact) mass is 273 g/mol. The van der Waals surface area contributed by atoms with Crippen molar-refractivity contribution in [3.8, 4) is 6.07 Å². The predicted octanol–water partition coefficient (Wildman–Crippen LogP) is 2.80. The van der Waals surface area contributed by atoms with Gasteiger partial charge in [-0.25, -0.2) is 0 Å². The summed E-state index contributed by atoms with van der Waals surface area (Å²) in [5.74, 6) is 0. The Labute approximate surface area is 116 Å². The van der Waals surface area contributed by atoms with Crippen molar-refractivity contribution in [1.82, 2.24) is 9.78 Å². The van der Waals surface area contributed by atoms with Crippen LogP contribution in [0.5, 0.6) is 0 Å². The number of hydrogen-bond acceptors (Lipinski definition) is 4. The van der Waals surface area contributed by atoms with Crippen molar-refractivity contribution in [1.29, 1.82) is 5.26 Å². The van der Waals surface area contributed by atoms with Crippen molar-refractivity contribution >= 4 is 11.8 Å². The van der Waals surface area contributed by atoms with Gasteiger partial charge in [-0.05, 0) is 37.6 Å². The molecule has 0 aliphatic heterocycles. The number of nitrogens with zero attached hydrogens (tertiary/aromatic N) is 3. The Balaban J connectivity index is 2.43. The van der Waals surface area contributed by atoms with E-state index in [4.69, 9.17) is 5.26 Å². The average Bonchev–Trinajstić information content (AvgIpc) is 2.67. The van der Waals surface area contributed by atoms with Gasteiger partial charge in [-0.15, -0.1) is 0 Å². The molecular weight excluding hydrogens is 258 g/mol. The third-order valence-corrected chi connectivity index (χ3v) is 3.93. The lowest BCUT2D eigenvalue weighted by Crippen LogP contribution is -1.97. The largest absolute Gasteiger partial charge is 0.389 e. The standard InChI is InChI=1S/C14H15N3OS/c1-9-6-14(17(3)16-9)19-13-7-11(8-15)4-5-12(13)10(2)18/h4-7,10,18H,1-3H3. The molecule has 1 N–H and O–H groups in total. The Kier molecular flexibility index (Phi) is 3.93. The molecule has 0 aliphatic rings. The summed E-state index contributed by atoms with van der Waals surface area (Å²) in [7, 11) is 1.88. The summed E-state index contributed by atoms with van der Waals surface area (Å²) in [6.07, 6.45) is -0.565. The van der Waals surface area contributed by atoms with Gasteiger partial charge in [0.25, 0.3) is 0 Å². The molecule has 0 saturated heterocycles. The number of nitriles is 1. The summed E-state index contributed by atoms with van der Waals surface area (Å²) in [5, 5.41) is 24.1. The zero-order valence-corrected chi connectivity index (χ0v) is 11.9. The number of aliphatic hydroxyl groups is 1. The fourth-order valence-corrected chi connectivity index (χ4v) is 3.00. The van der Waals surface area contributed by atoms with E-state index < -0.39 is 6.10 Å². The van der Waals surface area contributed by atoms with E-state index >= 15 is 0 Å². The van der Waals surface area contributed by atoms with E-state index in [1.807, 2.05) is 20.0 Å². The molecule has 0 amide bonds. The van der Waals surface area contributed by atoms with E-state index in [2.05, 4.69) is 11.2 Å². The molecule has 0 radical (unpaired) electrons. The van der Waals surface area contributed by atoms with E-state index in [1.165, 1.54) is 11.8 Å². The SMILES string of the molecule is Cc1cc(Sc2cc(C#N)ccc2C(C)O)n(C)n1. The van der Waals surface area contributed by atoms with Gasteiger partial charge in [0.2, 0.25) is 0 Å². The molecular formula is C14H15N3OS. The smallest absolute Gasteiger partial charge is 0.0992 e. The minimum Gasteiger partial charge on any atom is -0.389 e. The maximum Gasteiger partial charge on any atom is 0.0992 e. The van der Waals surface area contributed by atoms with E-state index in [9.17, 15) is 5.11 Å². The molecule has 1 aromatic heterocycles. The molecule has 4 nitrogen and oxygen atoms in total. The van der Waals surface area contributed by atoms with Gasteiger partial charge in [0.05, 0.1) is 28.5 Å². The Morgan fingerprint density at radius 1 is 1.42 bits per heavy atom. The van der Waals surface area contributed by atoms with Gasteiger partial charge in [0.15, 0.2) is 0 Å². The highest BCUT2D eigenvalue weighted by Gasteiger charge is 2.12. The zero-order chi connectivity index (χ0) is 14.0. The maximum atomic E-state index is 9.80. The molecule has 19 heavy (non-hydrogen) atoms. The predicted molar refractivity (Wildman–Crippen MR) is 73.9 cm³/mol. The number of hydrogen-bond donors (Lipinski definition) is 1. The van der Waals surface area contributed by atoms with E-state index in [0.29, 0.717) is 5.56 Å². The zero-order valence-electron chi connectivity index (χ0n) is 11.1. The summed E-state index contributed by atoms with van der Waals surface area (Å²) in [6.45, 7) is 3.66. The van der Waals surface area contributed by atoms with Crippen molar-refractivity contribution in [3.05, 3.63) is 41.1 Å².